The third-order valence-corrected chi connectivity index (χ3v) is 10.4. The van der Waals surface area contributed by atoms with E-state index in [1.54, 1.807) is 12.1 Å². The molecule has 3 aromatic rings. The zero-order valence-electron chi connectivity index (χ0n) is 19.1. The number of nitrogens with zero attached hydrogens (tertiary/aromatic N) is 3. The maximum absolute atomic E-state index is 13.9. The lowest BCUT2D eigenvalue weighted by atomic mass is 10.1. The molecule has 0 bridgehead atoms. The number of rotatable bonds is 8. The molecule has 172 valence electrons. The lowest BCUT2D eigenvalue weighted by Crippen LogP contribution is -2.44. The normalized spacial score (nSPS) is 13.2. The van der Waals surface area contributed by atoms with E-state index in [2.05, 4.69) is 43.9 Å². The first-order valence-corrected chi connectivity index (χ1v) is 13.8. The standard InChI is InChI=1S/C23H30ClFN4O2Si/c1-23(2,3)32(4,5)30-15-18(26)14-29-11-10-21(28-29)16-6-8-19(9-7-16)31-22-20(25)12-17(24)13-27-22/h6-13,18H,14-15,26H2,1-5H3/t18-/m0/s1. The van der Waals surface area contributed by atoms with E-state index in [1.807, 2.05) is 29.1 Å². The number of benzene rings is 1. The van der Waals surface area contributed by atoms with Gasteiger partial charge < -0.3 is 14.9 Å². The highest BCUT2D eigenvalue weighted by Gasteiger charge is 2.37. The smallest absolute Gasteiger partial charge is 0.255 e. The van der Waals surface area contributed by atoms with Crippen molar-refractivity contribution in [1.82, 2.24) is 14.8 Å². The second kappa shape index (κ2) is 9.70. The molecule has 1 aromatic carbocycles. The number of pyridine rings is 1. The fraction of sp³-hybridized carbons (Fsp3) is 0.391. The van der Waals surface area contributed by atoms with Crippen LogP contribution in [0.1, 0.15) is 20.8 Å². The van der Waals surface area contributed by atoms with Gasteiger partial charge in [-0.3, -0.25) is 4.68 Å². The number of hydrogen-bond donors (Lipinski definition) is 1. The summed E-state index contributed by atoms with van der Waals surface area (Å²) < 4.78 is 27.4. The van der Waals surface area contributed by atoms with Crippen molar-refractivity contribution in [3.8, 4) is 22.9 Å². The molecule has 2 aromatic heterocycles. The Morgan fingerprint density at radius 2 is 1.88 bits per heavy atom. The van der Waals surface area contributed by atoms with Crippen LogP contribution in [0.5, 0.6) is 11.6 Å². The predicted octanol–water partition coefficient (Wildman–Crippen LogP) is 5.88. The van der Waals surface area contributed by atoms with Gasteiger partial charge in [0.15, 0.2) is 14.1 Å². The summed E-state index contributed by atoms with van der Waals surface area (Å²) in [4.78, 5) is 3.86. The van der Waals surface area contributed by atoms with Gasteiger partial charge in [0.05, 0.1) is 23.9 Å². The first kappa shape index (κ1) is 24.4. The van der Waals surface area contributed by atoms with Crippen LogP contribution in [-0.4, -0.2) is 35.7 Å². The molecule has 2 N–H and O–H groups in total. The van der Waals surface area contributed by atoms with Crippen molar-refractivity contribution in [2.45, 2.75) is 51.5 Å². The lowest BCUT2D eigenvalue weighted by Gasteiger charge is -2.36. The van der Waals surface area contributed by atoms with Crippen molar-refractivity contribution in [2.75, 3.05) is 6.61 Å². The Morgan fingerprint density at radius 3 is 2.50 bits per heavy atom. The highest BCUT2D eigenvalue weighted by Crippen LogP contribution is 2.36. The van der Waals surface area contributed by atoms with Gasteiger partial charge in [0.1, 0.15) is 5.75 Å². The average Bonchev–Trinajstić information content (AvgIpc) is 3.17. The third-order valence-electron chi connectivity index (χ3n) is 5.67. The lowest BCUT2D eigenvalue weighted by molar-refractivity contribution is 0.249. The van der Waals surface area contributed by atoms with Gasteiger partial charge in [0.25, 0.3) is 5.88 Å². The Bertz CT molecular complexity index is 1050. The quantitative estimate of drug-likeness (QED) is 0.411. The van der Waals surface area contributed by atoms with E-state index < -0.39 is 14.1 Å². The van der Waals surface area contributed by atoms with Crippen molar-refractivity contribution in [2.24, 2.45) is 5.73 Å². The van der Waals surface area contributed by atoms with Crippen LogP contribution in [0.2, 0.25) is 23.2 Å². The zero-order chi connectivity index (χ0) is 23.5. The molecule has 3 rings (SSSR count). The van der Waals surface area contributed by atoms with Crippen LogP contribution in [0.15, 0.2) is 48.8 Å². The summed E-state index contributed by atoms with van der Waals surface area (Å²) in [6.45, 7) is 12.1. The summed E-state index contributed by atoms with van der Waals surface area (Å²) in [5, 5.41) is 4.98. The number of halogens is 2. The molecule has 0 aliphatic carbocycles. The van der Waals surface area contributed by atoms with Crippen molar-refractivity contribution >= 4 is 19.9 Å². The molecule has 0 saturated heterocycles. The van der Waals surface area contributed by atoms with Gasteiger partial charge in [-0.2, -0.15) is 5.10 Å². The molecule has 0 aliphatic rings. The van der Waals surface area contributed by atoms with E-state index in [9.17, 15) is 4.39 Å². The second-order valence-corrected chi connectivity index (χ2v) is 14.6. The zero-order valence-corrected chi connectivity index (χ0v) is 20.9. The molecule has 0 aliphatic heterocycles. The van der Waals surface area contributed by atoms with Crippen molar-refractivity contribution < 1.29 is 13.6 Å². The molecule has 0 spiro atoms. The van der Waals surface area contributed by atoms with Gasteiger partial charge in [-0.15, -0.1) is 0 Å². The summed E-state index contributed by atoms with van der Waals surface area (Å²) in [7, 11) is -1.83. The molecule has 0 radical (unpaired) electrons. The van der Waals surface area contributed by atoms with E-state index in [1.165, 1.54) is 6.20 Å². The van der Waals surface area contributed by atoms with Crippen LogP contribution in [0.25, 0.3) is 11.3 Å². The maximum atomic E-state index is 13.9. The largest absolute Gasteiger partial charge is 0.436 e. The fourth-order valence-electron chi connectivity index (χ4n) is 2.72. The summed E-state index contributed by atoms with van der Waals surface area (Å²) in [6, 6.07) is 10.1. The molecule has 6 nitrogen and oxygen atoms in total. The third kappa shape index (κ3) is 6.16. The molecule has 1 atom stereocenters. The average molecular weight is 477 g/mol. The number of hydrogen-bond acceptors (Lipinski definition) is 5. The van der Waals surface area contributed by atoms with Crippen LogP contribution in [0.4, 0.5) is 4.39 Å². The number of aromatic nitrogens is 3. The summed E-state index contributed by atoms with van der Waals surface area (Å²) in [6.07, 6.45) is 3.24. The van der Waals surface area contributed by atoms with Crippen LogP contribution in [0, 0.1) is 5.82 Å². The highest BCUT2D eigenvalue weighted by atomic mass is 35.5. The Kier molecular flexibility index (Phi) is 7.39. The molecule has 0 amide bonds. The first-order chi connectivity index (χ1) is 14.9. The molecule has 9 heteroatoms. The second-order valence-electron chi connectivity index (χ2n) is 9.32. The summed E-state index contributed by atoms with van der Waals surface area (Å²) in [5.41, 5.74) is 8.01. The van der Waals surface area contributed by atoms with E-state index in [4.69, 9.17) is 26.5 Å². The maximum Gasteiger partial charge on any atom is 0.255 e. The van der Waals surface area contributed by atoms with Crippen LogP contribution in [0.3, 0.4) is 0 Å². The van der Waals surface area contributed by atoms with Gasteiger partial charge in [-0.25, -0.2) is 9.37 Å². The van der Waals surface area contributed by atoms with Gasteiger partial charge >= 0.3 is 0 Å². The monoisotopic (exact) mass is 476 g/mol. The van der Waals surface area contributed by atoms with Gasteiger partial charge in [-0.1, -0.05) is 32.4 Å². The predicted molar refractivity (Wildman–Crippen MR) is 128 cm³/mol. The van der Waals surface area contributed by atoms with E-state index >= 15 is 0 Å². The van der Waals surface area contributed by atoms with Crippen LogP contribution >= 0.6 is 11.6 Å². The van der Waals surface area contributed by atoms with Crippen LogP contribution in [-0.2, 0) is 11.0 Å². The van der Waals surface area contributed by atoms with E-state index in [0.29, 0.717) is 18.9 Å². The Morgan fingerprint density at radius 1 is 1.19 bits per heavy atom. The molecule has 0 saturated carbocycles. The minimum Gasteiger partial charge on any atom is -0.436 e. The SMILES string of the molecule is CC(C)(C)[Si](C)(C)OC[C@@H](N)Cn1ccc(-c2ccc(Oc3ncc(Cl)cc3F)cc2)n1. The van der Waals surface area contributed by atoms with Crippen molar-refractivity contribution in [1.29, 1.82) is 0 Å². The minimum atomic E-state index is -1.83. The number of ether oxygens (including phenoxy) is 1. The topological polar surface area (TPSA) is 75.2 Å². The summed E-state index contributed by atoms with van der Waals surface area (Å²) in [5.74, 6) is -0.277. The molecule has 2 heterocycles. The van der Waals surface area contributed by atoms with E-state index in [0.717, 1.165) is 17.3 Å². The Hall–Kier alpha value is -2.26. The molecular formula is C23H30ClFN4O2Si. The van der Waals surface area contributed by atoms with Gasteiger partial charge in [0.2, 0.25) is 0 Å². The molecule has 32 heavy (non-hydrogen) atoms. The van der Waals surface area contributed by atoms with E-state index in [-0.39, 0.29) is 22.0 Å². The highest BCUT2D eigenvalue weighted by molar-refractivity contribution is 6.74. The summed E-state index contributed by atoms with van der Waals surface area (Å²) >= 11 is 5.72. The minimum absolute atomic E-state index is 0.125. The van der Waals surface area contributed by atoms with Gasteiger partial charge in [0, 0.05) is 24.0 Å². The fourth-order valence-corrected chi connectivity index (χ4v) is 3.93. The van der Waals surface area contributed by atoms with Crippen molar-refractivity contribution in [3.63, 3.8) is 0 Å². The molecule has 0 unspecified atom stereocenters. The van der Waals surface area contributed by atoms with Crippen molar-refractivity contribution in [3.05, 3.63) is 59.6 Å². The number of nitrogens with two attached hydrogens (primary N) is 1. The first-order valence-electron chi connectivity index (χ1n) is 10.5. The van der Waals surface area contributed by atoms with Crippen LogP contribution < -0.4 is 10.5 Å². The van der Waals surface area contributed by atoms with Gasteiger partial charge in [-0.05, 0) is 54.5 Å². The Labute approximate surface area is 194 Å². The Balaban J connectivity index is 1.59. The molecule has 0 fully saturated rings. The molecular weight excluding hydrogens is 447 g/mol.